The molecule has 0 aliphatic rings. The Balaban J connectivity index is 0.000000425. The highest BCUT2D eigenvalue weighted by Gasteiger charge is 2.26. The Kier molecular flexibility index (Phi) is 54.8. The fourth-order valence-corrected chi connectivity index (χ4v) is 14.6. The van der Waals surface area contributed by atoms with Crippen LogP contribution in [0.25, 0.3) is 0 Å². The molecule has 0 unspecified atom stereocenters. The number of hydrogen-bond donors (Lipinski definition) is 12. The normalized spacial score (nSPS) is 10.8. The van der Waals surface area contributed by atoms with Gasteiger partial charge in [-0.3, -0.25) is 47.9 Å². The zero-order valence-electron chi connectivity index (χ0n) is 82.7. The maximum absolute atomic E-state index is 13.7. The number of nitrogens with zero attached hydrogens (tertiary/aromatic N) is 5. The Hall–Kier alpha value is -11.8. The summed E-state index contributed by atoms with van der Waals surface area (Å²) >= 11 is 14.7. The fraction of sp³-hybridized carbons (Fsp3) is 0.396. The summed E-state index contributed by atoms with van der Waals surface area (Å²) in [4.78, 5) is 177. The van der Waals surface area contributed by atoms with Crippen LogP contribution < -0.4 is 65.5 Å². The second-order valence-electron chi connectivity index (χ2n) is 34.2. The molecule has 0 bridgehead atoms. The van der Waals surface area contributed by atoms with Crippen LogP contribution >= 0.6 is 58.5 Å². The van der Waals surface area contributed by atoms with E-state index < -0.39 is 46.1 Å². The van der Waals surface area contributed by atoms with E-state index in [1.54, 1.807) is 103 Å². The Morgan fingerprint density at radius 3 is 0.741 bits per heavy atom. The number of carbonyl (C=O) groups excluding carboxylic acids is 13. The van der Waals surface area contributed by atoms with Crippen LogP contribution in [0.5, 0.6) is 0 Å². The van der Waals surface area contributed by atoms with E-state index in [1.807, 2.05) is 139 Å². The summed E-state index contributed by atoms with van der Waals surface area (Å²) < 4.78 is 16.2. The molecular weight excluding hydrogens is 1870 g/mol. The van der Waals surface area contributed by atoms with Gasteiger partial charge in [0.2, 0.25) is 0 Å². The number of ether oxygens (including phenoxy) is 3. The molecule has 16 N–H and O–H groups in total. The standard InChI is InChI=1S/C38H50N6O6S.C37H49N7O6S.C14H22N2O2S.C8H4Cl2O2.C4H12N2/c1-8-19-51-33-31(41-36(47)28-13-9-11-26(20-28)34(45)39-15-17-43(4)5)22-30(38(49)50-24-25(2)3)23-32(33)42-37(48)29-14-10-12-27(21-29)35(46)40-16-18-44(6)7;1-24(2)23-50-37(49)29-21-30(41-35(47)27-11-7-9-25(19-27)33(45)39-14-16-43(3)4)32(51-18-13-38)31(22-29)42-36(48)28-12-8-10-26(20-28)34(46)40-15-17-44(5)6;1-4-5-19-13-11(15)6-10(7-12(13)16)14(17)18-8-9(2)3;9-7(11)5-2-1-3-6(4-5)8(10)12;1-6(2)4-3-5/h9-14,20-23,25H,8,15-19,24H2,1-7H3,(H,39,45)(H,40,46)(H,41,47)(H,42,48);7-12,19-22,24H,13-18,23,38H2,1-6H3,(H,39,45)(H,40,46)(H,41,47)(H,42,48);6-7,9H,4-5,8,15-16H2,1-3H3;1-4H;3-5H2,1-2H3. The number of nitrogens with two attached hydrogens (primary N) is 4. The molecule has 8 aromatic carbocycles. The van der Waals surface area contributed by atoms with E-state index in [0.717, 1.165) is 36.6 Å². The highest BCUT2D eigenvalue weighted by molar-refractivity contribution is 8.00. The van der Waals surface area contributed by atoms with E-state index >= 15 is 0 Å². The Bertz CT molecular complexity index is 4920. The number of benzene rings is 8. The largest absolute Gasteiger partial charge is 0.462 e. The summed E-state index contributed by atoms with van der Waals surface area (Å²) in [5.74, 6) is -2.47. The average molecular weight is 2010 g/mol. The van der Waals surface area contributed by atoms with Crippen LogP contribution in [0.3, 0.4) is 0 Å². The van der Waals surface area contributed by atoms with Crippen molar-refractivity contribution >= 4 is 168 Å². The molecular formula is C101H137Cl2N17O16S3. The van der Waals surface area contributed by atoms with Crippen LogP contribution in [0.2, 0.25) is 0 Å². The van der Waals surface area contributed by atoms with Crippen LogP contribution in [0, 0.1) is 17.8 Å². The van der Waals surface area contributed by atoms with Crippen molar-refractivity contribution in [1.82, 2.24) is 45.8 Å². The van der Waals surface area contributed by atoms with E-state index in [1.165, 1.54) is 90.3 Å². The predicted octanol–water partition coefficient (Wildman–Crippen LogP) is 13.8. The first kappa shape index (κ1) is 120. The maximum atomic E-state index is 13.7. The monoisotopic (exact) mass is 2010 g/mol. The number of nitrogens with one attached hydrogen (secondary N) is 8. The molecule has 0 aliphatic carbocycles. The summed E-state index contributed by atoms with van der Waals surface area (Å²) in [6, 6.07) is 40.5. The molecule has 0 fully saturated rings. The molecule has 0 spiro atoms. The van der Waals surface area contributed by atoms with Crippen LogP contribution in [0.15, 0.2) is 172 Å². The smallest absolute Gasteiger partial charge is 0.338 e. The van der Waals surface area contributed by atoms with Gasteiger partial charge in [0, 0.05) is 145 Å². The van der Waals surface area contributed by atoms with Crippen LogP contribution in [-0.2, 0) is 14.2 Å². The number of hydrogen-bond acceptors (Lipinski definition) is 28. The summed E-state index contributed by atoms with van der Waals surface area (Å²) in [6.45, 7) is 22.9. The lowest BCUT2D eigenvalue weighted by Gasteiger charge is -2.18. The average Bonchev–Trinajstić information content (AvgIpc) is 0.808. The minimum atomic E-state index is -0.641. The van der Waals surface area contributed by atoms with Gasteiger partial charge in [-0.05, 0) is 251 Å². The highest BCUT2D eigenvalue weighted by Crippen LogP contribution is 2.40. The molecule has 0 saturated carbocycles. The predicted molar refractivity (Wildman–Crippen MR) is 561 cm³/mol. The molecule has 8 amide bonds. The van der Waals surface area contributed by atoms with Crippen molar-refractivity contribution in [3.8, 4) is 0 Å². The maximum Gasteiger partial charge on any atom is 0.338 e. The number of anilines is 6. The minimum absolute atomic E-state index is 0.0754. The first-order valence-corrected chi connectivity index (χ1v) is 49.0. The molecule has 0 heterocycles. The van der Waals surface area contributed by atoms with Gasteiger partial charge in [0.05, 0.1) is 73.9 Å². The second kappa shape index (κ2) is 63.7. The van der Waals surface area contributed by atoms with Gasteiger partial charge in [-0.15, -0.1) is 35.3 Å². The molecule has 0 aromatic heterocycles. The fourth-order valence-electron chi connectivity index (χ4n) is 11.7. The van der Waals surface area contributed by atoms with Crippen LogP contribution in [0.4, 0.5) is 34.1 Å². The van der Waals surface area contributed by atoms with Crippen LogP contribution in [0.1, 0.15) is 203 Å². The number of rotatable bonds is 46. The van der Waals surface area contributed by atoms with Crippen molar-refractivity contribution in [1.29, 1.82) is 0 Å². The molecule has 139 heavy (non-hydrogen) atoms. The zero-order chi connectivity index (χ0) is 104. The zero-order valence-corrected chi connectivity index (χ0v) is 86.7. The van der Waals surface area contributed by atoms with Crippen molar-refractivity contribution in [2.24, 2.45) is 29.2 Å². The van der Waals surface area contributed by atoms with E-state index in [4.69, 9.17) is 60.3 Å². The molecule has 8 aromatic rings. The molecule has 33 nitrogen and oxygen atoms in total. The Morgan fingerprint density at radius 1 is 0.302 bits per heavy atom. The summed E-state index contributed by atoms with van der Waals surface area (Å²) in [6.07, 6.45) is 1.83. The number of carbonyl (C=O) groups is 13. The first-order chi connectivity index (χ1) is 65.9. The lowest BCUT2D eigenvalue weighted by molar-refractivity contribution is 0.0451. The third-order valence-electron chi connectivity index (χ3n) is 18.8. The number of halogens is 2. The van der Waals surface area contributed by atoms with Gasteiger partial charge in [-0.2, -0.15) is 0 Å². The number of esters is 3. The number of likely N-dealkylation sites (N-methyl/N-ethyl adjacent to an activating group) is 5. The Labute approximate surface area is 839 Å². The SMILES string of the molecule is CC(C)COC(=O)c1cc(NC(=O)c2cccc(C(=O)NCCN(C)C)c2)c(SCCN)c(NC(=O)c2cccc(C(=O)NCCN(C)C)c2)c1.CCCSc1c(N)cc(C(=O)OCC(C)C)cc1N.CCCSc1c(NC(=O)c2cccc(C(=O)NCCN(C)C)c2)cc(C(=O)OCC(C)C)cc1NC(=O)c1cccc(C(=O)NCCN(C)C)c1.CN(C)CCN.O=C(Cl)c1cccc(C(=O)Cl)c1. The first-order valence-electron chi connectivity index (χ1n) is 45.3. The van der Waals surface area contributed by atoms with Crippen molar-refractivity contribution < 1.29 is 76.5 Å². The summed E-state index contributed by atoms with van der Waals surface area (Å²) in [5, 5.41) is 21.7. The quantitative estimate of drug-likeness (QED) is 0.00554. The molecule has 0 radical (unpaired) electrons. The minimum Gasteiger partial charge on any atom is -0.462 e. The van der Waals surface area contributed by atoms with Gasteiger partial charge in [-0.25, -0.2) is 14.4 Å². The third kappa shape index (κ3) is 44.9. The molecule has 38 heteroatoms. The molecule has 0 atom stereocenters. The highest BCUT2D eigenvalue weighted by atomic mass is 35.5. The van der Waals surface area contributed by atoms with Gasteiger partial charge in [0.1, 0.15) is 0 Å². The molecule has 0 saturated heterocycles. The van der Waals surface area contributed by atoms with E-state index in [-0.39, 0.29) is 111 Å². The lowest BCUT2D eigenvalue weighted by atomic mass is 10.1. The second-order valence-corrected chi connectivity index (χ2v) is 38.2. The topological polar surface area (TPSA) is 466 Å². The van der Waals surface area contributed by atoms with Gasteiger partial charge >= 0.3 is 17.9 Å². The van der Waals surface area contributed by atoms with Crippen molar-refractivity contribution in [3.05, 3.63) is 230 Å². The van der Waals surface area contributed by atoms with Gasteiger partial charge < -0.3 is 104 Å². The number of thioether (sulfide) groups is 3. The summed E-state index contributed by atoms with van der Waals surface area (Å²) in [5.41, 5.74) is 28.4. The van der Waals surface area contributed by atoms with Gasteiger partial charge in [0.15, 0.2) is 0 Å². The molecule has 0 aliphatic heterocycles. The van der Waals surface area contributed by atoms with Crippen molar-refractivity contribution in [2.45, 2.75) is 82.9 Å². The lowest BCUT2D eigenvalue weighted by Crippen LogP contribution is -2.31. The van der Waals surface area contributed by atoms with Crippen molar-refractivity contribution in [2.75, 3.05) is 212 Å². The molecule has 8 rings (SSSR count). The number of amides is 8. The van der Waals surface area contributed by atoms with Crippen molar-refractivity contribution in [3.63, 3.8) is 0 Å². The number of nitrogen functional groups attached to an aromatic ring is 2. The third-order valence-corrected chi connectivity index (χ3v) is 23.1. The van der Waals surface area contributed by atoms with E-state index in [9.17, 15) is 62.3 Å². The van der Waals surface area contributed by atoms with Crippen LogP contribution in [-0.4, -0.2) is 280 Å². The van der Waals surface area contributed by atoms with E-state index in [0.29, 0.717) is 143 Å². The molecule has 754 valence electrons. The van der Waals surface area contributed by atoms with Gasteiger partial charge in [0.25, 0.3) is 57.7 Å². The summed E-state index contributed by atoms with van der Waals surface area (Å²) in [7, 11) is 19.3. The van der Waals surface area contributed by atoms with E-state index in [2.05, 4.69) is 54.4 Å². The van der Waals surface area contributed by atoms with Gasteiger partial charge in [-0.1, -0.05) is 97.9 Å². The Morgan fingerprint density at radius 2 is 0.525 bits per heavy atom.